The van der Waals surface area contributed by atoms with Crippen LogP contribution >= 0.6 is 0 Å². The normalized spacial score (nSPS) is 26.9. The van der Waals surface area contributed by atoms with Crippen molar-refractivity contribution in [1.82, 2.24) is 15.2 Å². The van der Waals surface area contributed by atoms with Gasteiger partial charge in [0.2, 0.25) is 0 Å². The number of aromatic nitrogens is 1. The van der Waals surface area contributed by atoms with E-state index in [1.165, 1.54) is 24.9 Å². The summed E-state index contributed by atoms with van der Waals surface area (Å²) in [7, 11) is 4.27. The van der Waals surface area contributed by atoms with Crippen molar-refractivity contribution in [3.63, 3.8) is 0 Å². The summed E-state index contributed by atoms with van der Waals surface area (Å²) in [6, 6.07) is 4.84. The monoisotopic (exact) mass is 219 g/mol. The van der Waals surface area contributed by atoms with Gasteiger partial charge in [-0.15, -0.1) is 0 Å². The van der Waals surface area contributed by atoms with Crippen LogP contribution in [-0.4, -0.2) is 37.1 Å². The van der Waals surface area contributed by atoms with Crippen LogP contribution in [0.4, 0.5) is 0 Å². The Hall–Kier alpha value is -0.930. The molecule has 2 unspecified atom stereocenters. The van der Waals surface area contributed by atoms with Crippen LogP contribution in [-0.2, 0) is 0 Å². The van der Waals surface area contributed by atoms with E-state index in [0.29, 0.717) is 12.0 Å². The molecule has 0 radical (unpaired) electrons. The first-order valence-electron chi connectivity index (χ1n) is 6.07. The van der Waals surface area contributed by atoms with Gasteiger partial charge >= 0.3 is 0 Å². The molecule has 0 amide bonds. The van der Waals surface area contributed by atoms with Crippen LogP contribution in [0.2, 0.25) is 0 Å². The average molecular weight is 219 g/mol. The zero-order chi connectivity index (χ0) is 11.4. The van der Waals surface area contributed by atoms with E-state index in [9.17, 15) is 0 Å². The van der Waals surface area contributed by atoms with Crippen LogP contribution < -0.4 is 5.32 Å². The lowest BCUT2D eigenvalue weighted by molar-refractivity contribution is 0.121. The fourth-order valence-corrected chi connectivity index (χ4v) is 2.82. The van der Waals surface area contributed by atoms with Crippen molar-refractivity contribution < 1.29 is 0 Å². The van der Waals surface area contributed by atoms with Gasteiger partial charge in [0.05, 0.1) is 0 Å². The molecule has 16 heavy (non-hydrogen) atoms. The molecule has 1 aromatic heterocycles. The number of likely N-dealkylation sites (tertiary alicyclic amines) is 1. The van der Waals surface area contributed by atoms with Crippen LogP contribution in [0.1, 0.15) is 24.4 Å². The third-order valence-electron chi connectivity index (χ3n) is 3.52. The SMILES string of the molecule is CNCC1CCCN(C)C1c1ccncc1. The zero-order valence-electron chi connectivity index (χ0n) is 10.2. The molecule has 1 aliphatic rings. The Morgan fingerprint density at radius 2 is 2.19 bits per heavy atom. The lowest BCUT2D eigenvalue weighted by atomic mass is 9.85. The minimum Gasteiger partial charge on any atom is -0.319 e. The molecule has 2 rings (SSSR count). The van der Waals surface area contributed by atoms with Gasteiger partial charge in [-0.05, 0) is 63.6 Å². The van der Waals surface area contributed by atoms with Crippen molar-refractivity contribution in [3.05, 3.63) is 30.1 Å². The average Bonchev–Trinajstić information content (AvgIpc) is 2.31. The summed E-state index contributed by atoms with van der Waals surface area (Å²) in [5.41, 5.74) is 1.40. The van der Waals surface area contributed by atoms with E-state index in [4.69, 9.17) is 0 Å². The first-order chi connectivity index (χ1) is 7.83. The highest BCUT2D eigenvalue weighted by Gasteiger charge is 2.29. The number of hydrogen-bond donors (Lipinski definition) is 1. The number of nitrogens with one attached hydrogen (secondary N) is 1. The summed E-state index contributed by atoms with van der Waals surface area (Å²) in [5, 5.41) is 3.32. The molecule has 3 nitrogen and oxygen atoms in total. The molecule has 2 atom stereocenters. The summed E-state index contributed by atoms with van der Waals surface area (Å²) < 4.78 is 0. The maximum atomic E-state index is 4.10. The highest BCUT2D eigenvalue weighted by Crippen LogP contribution is 2.34. The Morgan fingerprint density at radius 1 is 1.44 bits per heavy atom. The summed E-state index contributed by atoms with van der Waals surface area (Å²) in [4.78, 5) is 6.58. The third kappa shape index (κ3) is 2.42. The maximum Gasteiger partial charge on any atom is 0.0386 e. The summed E-state index contributed by atoms with van der Waals surface area (Å²) in [6.45, 7) is 2.30. The molecular formula is C13H21N3. The van der Waals surface area contributed by atoms with Gasteiger partial charge in [-0.3, -0.25) is 9.88 Å². The van der Waals surface area contributed by atoms with Gasteiger partial charge in [0.1, 0.15) is 0 Å². The maximum absolute atomic E-state index is 4.10. The second kappa shape index (κ2) is 5.41. The van der Waals surface area contributed by atoms with Crippen LogP contribution in [0.5, 0.6) is 0 Å². The Bertz CT molecular complexity index is 310. The molecule has 0 aliphatic carbocycles. The molecule has 0 aromatic carbocycles. The molecule has 1 aliphatic heterocycles. The summed E-state index contributed by atoms with van der Waals surface area (Å²) in [6.07, 6.45) is 6.42. The van der Waals surface area contributed by atoms with E-state index in [1.54, 1.807) is 0 Å². The second-order valence-electron chi connectivity index (χ2n) is 4.67. The van der Waals surface area contributed by atoms with Crippen LogP contribution in [0.25, 0.3) is 0 Å². The van der Waals surface area contributed by atoms with Gasteiger partial charge in [-0.2, -0.15) is 0 Å². The van der Waals surface area contributed by atoms with Crippen molar-refractivity contribution >= 4 is 0 Å². The number of piperidine rings is 1. The molecule has 1 fully saturated rings. The highest BCUT2D eigenvalue weighted by molar-refractivity contribution is 5.17. The van der Waals surface area contributed by atoms with Crippen LogP contribution in [0.3, 0.4) is 0 Å². The molecular weight excluding hydrogens is 198 g/mol. The molecule has 1 aromatic rings. The van der Waals surface area contributed by atoms with E-state index < -0.39 is 0 Å². The number of hydrogen-bond acceptors (Lipinski definition) is 3. The van der Waals surface area contributed by atoms with Gasteiger partial charge in [0, 0.05) is 18.4 Å². The number of nitrogens with zero attached hydrogens (tertiary/aromatic N) is 2. The van der Waals surface area contributed by atoms with Crippen LogP contribution in [0.15, 0.2) is 24.5 Å². The van der Waals surface area contributed by atoms with E-state index in [2.05, 4.69) is 34.4 Å². The lowest BCUT2D eigenvalue weighted by Crippen LogP contribution is -2.39. The van der Waals surface area contributed by atoms with Crippen molar-refractivity contribution in [2.75, 3.05) is 27.2 Å². The largest absolute Gasteiger partial charge is 0.319 e. The van der Waals surface area contributed by atoms with E-state index in [1.807, 2.05) is 19.4 Å². The first kappa shape index (κ1) is 11.6. The van der Waals surface area contributed by atoms with Gasteiger partial charge in [-0.25, -0.2) is 0 Å². The Balaban J connectivity index is 2.19. The van der Waals surface area contributed by atoms with E-state index in [-0.39, 0.29) is 0 Å². The van der Waals surface area contributed by atoms with E-state index >= 15 is 0 Å². The van der Waals surface area contributed by atoms with Gasteiger partial charge in [0.25, 0.3) is 0 Å². The molecule has 0 saturated carbocycles. The van der Waals surface area contributed by atoms with Gasteiger partial charge in [0.15, 0.2) is 0 Å². The highest BCUT2D eigenvalue weighted by atomic mass is 15.1. The van der Waals surface area contributed by atoms with Crippen molar-refractivity contribution in [2.24, 2.45) is 5.92 Å². The predicted octanol–water partition coefficient (Wildman–Crippen LogP) is 1.68. The quantitative estimate of drug-likeness (QED) is 0.838. The number of rotatable bonds is 3. The molecule has 0 spiro atoms. The summed E-state index contributed by atoms with van der Waals surface area (Å²) in [5.74, 6) is 0.714. The minimum atomic E-state index is 0.546. The number of pyridine rings is 1. The molecule has 1 saturated heterocycles. The van der Waals surface area contributed by atoms with Crippen molar-refractivity contribution in [1.29, 1.82) is 0 Å². The standard InChI is InChI=1S/C13H21N3/c1-14-10-12-4-3-9-16(2)13(12)11-5-7-15-8-6-11/h5-8,12-14H,3-4,9-10H2,1-2H3. The molecule has 0 bridgehead atoms. The first-order valence-corrected chi connectivity index (χ1v) is 6.07. The Morgan fingerprint density at radius 3 is 2.88 bits per heavy atom. The molecule has 2 heterocycles. The second-order valence-corrected chi connectivity index (χ2v) is 4.67. The summed E-state index contributed by atoms with van der Waals surface area (Å²) >= 11 is 0. The Labute approximate surface area is 97.9 Å². The fourth-order valence-electron chi connectivity index (χ4n) is 2.82. The fraction of sp³-hybridized carbons (Fsp3) is 0.615. The molecule has 1 N–H and O–H groups in total. The lowest BCUT2D eigenvalue weighted by Gasteiger charge is -2.39. The minimum absolute atomic E-state index is 0.546. The van der Waals surface area contributed by atoms with Gasteiger partial charge < -0.3 is 5.32 Å². The molecule has 3 heteroatoms. The molecule has 88 valence electrons. The van der Waals surface area contributed by atoms with Crippen LogP contribution in [0, 0.1) is 5.92 Å². The Kier molecular flexibility index (Phi) is 3.91. The smallest absolute Gasteiger partial charge is 0.0386 e. The third-order valence-corrected chi connectivity index (χ3v) is 3.52. The predicted molar refractivity (Wildman–Crippen MR) is 66.3 cm³/mol. The van der Waals surface area contributed by atoms with E-state index in [0.717, 1.165) is 6.54 Å². The van der Waals surface area contributed by atoms with Gasteiger partial charge in [-0.1, -0.05) is 0 Å². The topological polar surface area (TPSA) is 28.2 Å². The van der Waals surface area contributed by atoms with Crippen molar-refractivity contribution in [2.45, 2.75) is 18.9 Å². The van der Waals surface area contributed by atoms with Crippen molar-refractivity contribution in [3.8, 4) is 0 Å². The zero-order valence-corrected chi connectivity index (χ0v) is 10.2.